The number of benzene rings is 2. The van der Waals surface area contributed by atoms with E-state index in [1.54, 1.807) is 10.6 Å². The van der Waals surface area contributed by atoms with Gasteiger partial charge in [0.2, 0.25) is 5.43 Å². The summed E-state index contributed by atoms with van der Waals surface area (Å²) < 4.78 is 16.8. The first kappa shape index (κ1) is 27.9. The first-order chi connectivity index (χ1) is 17.9. The van der Waals surface area contributed by atoms with E-state index in [0.29, 0.717) is 30.8 Å². The molecule has 196 valence electrons. The van der Waals surface area contributed by atoms with Crippen molar-refractivity contribution in [3.05, 3.63) is 88.0 Å². The van der Waals surface area contributed by atoms with E-state index in [2.05, 4.69) is 24.1 Å². The summed E-state index contributed by atoms with van der Waals surface area (Å²) in [6.45, 7) is 18.0. The second kappa shape index (κ2) is 12.5. The Bertz CT molecular complexity index is 1350. The molecule has 1 saturated heterocycles. The van der Waals surface area contributed by atoms with Gasteiger partial charge in [0.05, 0.1) is 11.2 Å². The Kier molecular flexibility index (Phi) is 9.42. The molecule has 7 heteroatoms. The smallest absolute Gasteiger partial charge is 0.341 e. The van der Waals surface area contributed by atoms with E-state index in [9.17, 15) is 14.7 Å². The second-order valence-corrected chi connectivity index (χ2v) is 8.69. The molecule has 0 unspecified atom stereocenters. The number of carboxylic acid groups (broad SMARTS) is 1. The number of carboxylic acids is 1. The van der Waals surface area contributed by atoms with Crippen molar-refractivity contribution in [2.24, 2.45) is 0 Å². The van der Waals surface area contributed by atoms with Crippen LogP contribution in [0.2, 0.25) is 0 Å². The van der Waals surface area contributed by atoms with E-state index in [0.717, 1.165) is 37.2 Å². The number of nitrogens with zero attached hydrogens (tertiary/aromatic N) is 3. The van der Waals surface area contributed by atoms with Crippen molar-refractivity contribution in [3.8, 4) is 0 Å². The molecule has 0 spiro atoms. The number of aromatic carboxylic acids is 1. The fourth-order valence-electron chi connectivity index (χ4n) is 4.82. The summed E-state index contributed by atoms with van der Waals surface area (Å²) in [5.74, 6) is -1.82. The number of pyridine rings is 1. The van der Waals surface area contributed by atoms with E-state index < -0.39 is 17.2 Å². The Labute approximate surface area is 217 Å². The van der Waals surface area contributed by atoms with Gasteiger partial charge in [0.1, 0.15) is 11.4 Å². The zero-order valence-electron chi connectivity index (χ0n) is 22.0. The largest absolute Gasteiger partial charge is 0.477 e. The maximum absolute atomic E-state index is 15.1. The van der Waals surface area contributed by atoms with E-state index in [4.69, 9.17) is 0 Å². The van der Waals surface area contributed by atoms with Gasteiger partial charge >= 0.3 is 5.97 Å². The van der Waals surface area contributed by atoms with Gasteiger partial charge in [0.15, 0.2) is 0 Å². The van der Waals surface area contributed by atoms with Crippen molar-refractivity contribution < 1.29 is 14.3 Å². The van der Waals surface area contributed by atoms with Crippen LogP contribution in [0.3, 0.4) is 0 Å². The summed E-state index contributed by atoms with van der Waals surface area (Å²) in [5, 5.41) is 9.43. The highest BCUT2D eigenvalue weighted by Crippen LogP contribution is 2.27. The number of halogens is 1. The number of fused-ring (bicyclic) bond motifs is 1. The van der Waals surface area contributed by atoms with Crippen molar-refractivity contribution in [1.29, 1.82) is 0 Å². The van der Waals surface area contributed by atoms with Crippen LogP contribution >= 0.6 is 0 Å². The van der Waals surface area contributed by atoms with Crippen LogP contribution in [0.25, 0.3) is 23.1 Å². The predicted molar refractivity (Wildman–Crippen MR) is 151 cm³/mol. The van der Waals surface area contributed by atoms with Crippen LogP contribution in [0.5, 0.6) is 0 Å². The molecular weight excluding hydrogens is 469 g/mol. The number of carbonyl (C=O) groups is 1. The summed E-state index contributed by atoms with van der Waals surface area (Å²) in [6, 6.07) is 9.04. The van der Waals surface area contributed by atoms with Crippen LogP contribution < -0.4 is 10.3 Å². The second-order valence-electron chi connectivity index (χ2n) is 8.69. The summed E-state index contributed by atoms with van der Waals surface area (Å²) in [4.78, 5) is 28.4. The summed E-state index contributed by atoms with van der Waals surface area (Å²) in [7, 11) is 0. The average molecular weight is 506 g/mol. The minimum atomic E-state index is -1.31. The first-order valence-electron chi connectivity index (χ1n) is 12.8. The molecule has 1 fully saturated rings. The van der Waals surface area contributed by atoms with Crippen molar-refractivity contribution in [2.75, 3.05) is 37.6 Å². The van der Waals surface area contributed by atoms with Crippen LogP contribution in [0, 0.1) is 5.82 Å². The molecule has 1 aliphatic heterocycles. The lowest BCUT2D eigenvalue weighted by Gasteiger charge is -2.36. The zero-order valence-corrected chi connectivity index (χ0v) is 22.0. The maximum atomic E-state index is 15.1. The van der Waals surface area contributed by atoms with Crippen LogP contribution in [-0.2, 0) is 13.0 Å². The lowest BCUT2D eigenvalue weighted by Crippen LogP contribution is -2.47. The SMILES string of the molecule is C=Cc1cccc(CCN2CCN(c3cc4c(cc3F)c(=O)c(C(=O)O)cn4CC)CC2)c1C=C.CC. The molecule has 0 amide bonds. The molecule has 2 heterocycles. The number of hydrogen-bond donors (Lipinski definition) is 1. The topological polar surface area (TPSA) is 65.8 Å². The number of aryl methyl sites for hydroxylation is 1. The van der Waals surface area contributed by atoms with Gasteiger partial charge in [-0.05, 0) is 42.2 Å². The van der Waals surface area contributed by atoms with Gasteiger partial charge in [-0.2, -0.15) is 0 Å². The van der Waals surface area contributed by atoms with Gasteiger partial charge in [-0.3, -0.25) is 9.69 Å². The summed E-state index contributed by atoms with van der Waals surface area (Å²) in [5.41, 5.74) is 3.40. The average Bonchev–Trinajstić information content (AvgIpc) is 2.93. The molecule has 3 aromatic rings. The molecule has 37 heavy (non-hydrogen) atoms. The number of hydrogen-bond acceptors (Lipinski definition) is 4. The predicted octanol–water partition coefficient (Wildman–Crippen LogP) is 5.54. The minimum Gasteiger partial charge on any atom is -0.477 e. The maximum Gasteiger partial charge on any atom is 0.341 e. The normalized spacial score (nSPS) is 13.7. The quantitative estimate of drug-likeness (QED) is 0.436. The molecule has 0 atom stereocenters. The van der Waals surface area contributed by atoms with Crippen LogP contribution in [-0.4, -0.2) is 53.3 Å². The Morgan fingerprint density at radius 1 is 1.11 bits per heavy atom. The third-order valence-corrected chi connectivity index (χ3v) is 6.78. The molecule has 1 aromatic heterocycles. The molecular formula is C30H36FN3O3. The van der Waals surface area contributed by atoms with E-state index >= 15 is 4.39 Å². The summed E-state index contributed by atoms with van der Waals surface area (Å²) in [6.07, 6.45) is 5.95. The fraction of sp³-hybridized carbons (Fsp3) is 0.333. The Morgan fingerprint density at radius 3 is 2.41 bits per heavy atom. The van der Waals surface area contributed by atoms with Gasteiger partial charge < -0.3 is 14.6 Å². The molecule has 0 aliphatic carbocycles. The Hall–Kier alpha value is -3.71. The number of piperazine rings is 1. The molecule has 0 bridgehead atoms. The minimum absolute atomic E-state index is 0.0893. The first-order valence-corrected chi connectivity index (χ1v) is 12.8. The van der Waals surface area contributed by atoms with Gasteiger partial charge in [0, 0.05) is 50.9 Å². The molecule has 6 nitrogen and oxygen atoms in total. The number of aromatic nitrogens is 1. The lowest BCUT2D eigenvalue weighted by atomic mass is 9.98. The standard InChI is InChI=1S/C28H30FN3O3.C2H6/c1-4-19-8-7-9-20(21(19)5-2)10-11-30-12-14-32(15-13-30)26-17-25-22(16-24(26)29)27(33)23(28(34)35)18-31(25)6-3;1-2/h4-5,7-9,16-18H,1-2,6,10-15H2,3H3,(H,34,35);1-2H3. The third-order valence-electron chi connectivity index (χ3n) is 6.78. The van der Waals surface area contributed by atoms with Gasteiger partial charge in [0.25, 0.3) is 0 Å². The third kappa shape index (κ3) is 5.83. The summed E-state index contributed by atoms with van der Waals surface area (Å²) >= 11 is 0. The highest BCUT2D eigenvalue weighted by molar-refractivity contribution is 5.93. The fourth-order valence-corrected chi connectivity index (χ4v) is 4.82. The molecule has 0 radical (unpaired) electrons. The van der Waals surface area contributed by atoms with Crippen molar-refractivity contribution in [3.63, 3.8) is 0 Å². The van der Waals surface area contributed by atoms with Crippen molar-refractivity contribution in [2.45, 2.75) is 33.7 Å². The van der Waals surface area contributed by atoms with Gasteiger partial charge in [-0.25, -0.2) is 9.18 Å². The highest BCUT2D eigenvalue weighted by Gasteiger charge is 2.22. The van der Waals surface area contributed by atoms with E-state index in [1.165, 1.54) is 17.8 Å². The van der Waals surface area contributed by atoms with E-state index in [-0.39, 0.29) is 10.9 Å². The van der Waals surface area contributed by atoms with Crippen molar-refractivity contribution >= 4 is 34.7 Å². The number of rotatable bonds is 8. The lowest BCUT2D eigenvalue weighted by molar-refractivity contribution is 0.0695. The molecule has 0 saturated carbocycles. The van der Waals surface area contributed by atoms with Crippen molar-refractivity contribution in [1.82, 2.24) is 9.47 Å². The Balaban J connectivity index is 0.00000186. The van der Waals surface area contributed by atoms with Crippen LogP contribution in [0.4, 0.5) is 10.1 Å². The molecule has 1 N–H and O–H groups in total. The van der Waals surface area contributed by atoms with Gasteiger partial charge in [-0.1, -0.05) is 57.4 Å². The molecule has 2 aromatic carbocycles. The van der Waals surface area contributed by atoms with E-state index in [1.807, 2.05) is 50.0 Å². The Morgan fingerprint density at radius 2 is 1.81 bits per heavy atom. The molecule has 1 aliphatic rings. The number of anilines is 1. The zero-order chi connectivity index (χ0) is 27.1. The monoisotopic (exact) mass is 505 g/mol. The van der Waals surface area contributed by atoms with Crippen LogP contribution in [0.1, 0.15) is 47.8 Å². The molecule has 4 rings (SSSR count). The van der Waals surface area contributed by atoms with Crippen LogP contribution in [0.15, 0.2) is 54.5 Å². The van der Waals surface area contributed by atoms with Gasteiger partial charge in [-0.15, -0.1) is 0 Å². The highest BCUT2D eigenvalue weighted by atomic mass is 19.1.